The van der Waals surface area contributed by atoms with E-state index in [0.29, 0.717) is 5.92 Å². The van der Waals surface area contributed by atoms with E-state index in [2.05, 4.69) is 49.4 Å². The molecule has 14 heavy (non-hydrogen) atoms. The molecule has 0 bridgehead atoms. The summed E-state index contributed by atoms with van der Waals surface area (Å²) in [6, 6.07) is 0. The summed E-state index contributed by atoms with van der Waals surface area (Å²) >= 11 is 0. The zero-order valence-electron chi connectivity index (χ0n) is 9.91. The molecule has 0 aromatic carbocycles. The number of nitrogens with zero attached hydrogens (tertiary/aromatic N) is 3. The van der Waals surface area contributed by atoms with Gasteiger partial charge in [-0.25, -0.2) is 0 Å². The molecule has 1 aromatic rings. The Hall–Kier alpha value is -0.860. The van der Waals surface area contributed by atoms with Crippen LogP contribution in [0.4, 0.5) is 0 Å². The highest BCUT2D eigenvalue weighted by atomic mass is 15.3. The van der Waals surface area contributed by atoms with Crippen LogP contribution in [0.1, 0.15) is 59.2 Å². The summed E-state index contributed by atoms with van der Waals surface area (Å²) in [6.07, 6.45) is 4.10. The van der Waals surface area contributed by atoms with E-state index in [-0.39, 0.29) is 5.54 Å². The molecule has 0 unspecified atom stereocenters. The fraction of sp³-hybridized carbons (Fsp3) is 0.818. The highest BCUT2D eigenvalue weighted by Gasteiger charge is 2.21. The predicted octanol–water partition coefficient (Wildman–Crippen LogP) is 2.94. The van der Waals surface area contributed by atoms with Gasteiger partial charge in [0.05, 0.1) is 0 Å². The Bertz CT molecular complexity index is 279. The number of hydrogen-bond donors (Lipinski definition) is 0. The van der Waals surface area contributed by atoms with Crippen LogP contribution in [0.2, 0.25) is 0 Å². The minimum atomic E-state index is 0.0847. The van der Waals surface area contributed by atoms with Gasteiger partial charge in [-0.1, -0.05) is 13.8 Å². The average Bonchev–Trinajstić information content (AvgIpc) is 2.54. The molecule has 0 fully saturated rings. The van der Waals surface area contributed by atoms with Crippen molar-refractivity contribution in [2.24, 2.45) is 0 Å². The van der Waals surface area contributed by atoms with Crippen LogP contribution < -0.4 is 0 Å². The molecule has 0 aliphatic rings. The molecule has 0 N–H and O–H groups in total. The Labute approximate surface area is 86.5 Å². The summed E-state index contributed by atoms with van der Waals surface area (Å²) in [4.78, 5) is 0. The van der Waals surface area contributed by atoms with Crippen LogP contribution in [-0.4, -0.2) is 14.8 Å². The average molecular weight is 195 g/mol. The first-order valence-corrected chi connectivity index (χ1v) is 5.41. The summed E-state index contributed by atoms with van der Waals surface area (Å²) in [6.45, 7) is 11.0. The van der Waals surface area contributed by atoms with Crippen LogP contribution in [0.3, 0.4) is 0 Å². The van der Waals surface area contributed by atoms with Crippen LogP contribution in [0.25, 0.3) is 0 Å². The Morgan fingerprint density at radius 2 is 1.86 bits per heavy atom. The van der Waals surface area contributed by atoms with Gasteiger partial charge < -0.3 is 4.57 Å². The summed E-state index contributed by atoms with van der Waals surface area (Å²) in [7, 11) is 0. The minimum Gasteiger partial charge on any atom is -0.312 e. The Kier molecular flexibility index (Phi) is 3.29. The molecule has 3 heteroatoms. The molecular weight excluding hydrogens is 174 g/mol. The molecule has 1 heterocycles. The van der Waals surface area contributed by atoms with Crippen molar-refractivity contribution < 1.29 is 0 Å². The number of hydrogen-bond acceptors (Lipinski definition) is 2. The molecule has 0 radical (unpaired) electrons. The molecule has 0 aliphatic carbocycles. The zero-order valence-corrected chi connectivity index (χ0v) is 9.91. The van der Waals surface area contributed by atoms with Crippen molar-refractivity contribution in [1.29, 1.82) is 0 Å². The van der Waals surface area contributed by atoms with Gasteiger partial charge in [0, 0.05) is 11.5 Å². The summed E-state index contributed by atoms with van der Waals surface area (Å²) in [5.74, 6) is 1.67. The van der Waals surface area contributed by atoms with Crippen molar-refractivity contribution in [2.75, 3.05) is 0 Å². The minimum absolute atomic E-state index is 0.0847. The Morgan fingerprint density at radius 1 is 1.29 bits per heavy atom. The first-order chi connectivity index (χ1) is 6.50. The monoisotopic (exact) mass is 195 g/mol. The highest BCUT2D eigenvalue weighted by Crippen LogP contribution is 2.25. The molecule has 0 saturated heterocycles. The van der Waals surface area contributed by atoms with Crippen LogP contribution in [0.15, 0.2) is 6.33 Å². The molecule has 0 amide bonds. The predicted molar refractivity (Wildman–Crippen MR) is 58.3 cm³/mol. The lowest BCUT2D eigenvalue weighted by atomic mass is 10.0. The second kappa shape index (κ2) is 4.11. The topological polar surface area (TPSA) is 30.7 Å². The molecule has 3 nitrogen and oxygen atoms in total. The molecule has 0 saturated carbocycles. The maximum atomic E-state index is 4.24. The SMILES string of the molecule is CCC(CC)c1nncn1C(C)(C)C. The lowest BCUT2D eigenvalue weighted by Crippen LogP contribution is -2.24. The zero-order chi connectivity index (χ0) is 10.8. The van der Waals surface area contributed by atoms with Crippen molar-refractivity contribution in [1.82, 2.24) is 14.8 Å². The molecule has 0 spiro atoms. The van der Waals surface area contributed by atoms with E-state index in [4.69, 9.17) is 0 Å². The van der Waals surface area contributed by atoms with Crippen molar-refractivity contribution in [3.05, 3.63) is 12.2 Å². The summed E-state index contributed by atoms with van der Waals surface area (Å²) in [5.41, 5.74) is 0.0847. The van der Waals surface area contributed by atoms with Crippen LogP contribution in [0, 0.1) is 0 Å². The maximum Gasteiger partial charge on any atom is 0.136 e. The standard InChI is InChI=1S/C11H21N3/c1-6-9(7-2)10-13-12-8-14(10)11(3,4)5/h8-9H,6-7H2,1-5H3. The van der Waals surface area contributed by atoms with E-state index in [1.807, 2.05) is 6.33 Å². The van der Waals surface area contributed by atoms with Crippen LogP contribution in [-0.2, 0) is 5.54 Å². The summed E-state index contributed by atoms with van der Waals surface area (Å²) < 4.78 is 2.19. The van der Waals surface area contributed by atoms with E-state index >= 15 is 0 Å². The van der Waals surface area contributed by atoms with Gasteiger partial charge in [0.2, 0.25) is 0 Å². The van der Waals surface area contributed by atoms with Gasteiger partial charge in [0.15, 0.2) is 0 Å². The van der Waals surface area contributed by atoms with Crippen molar-refractivity contribution in [3.8, 4) is 0 Å². The van der Waals surface area contributed by atoms with Crippen LogP contribution >= 0.6 is 0 Å². The second-order valence-electron chi connectivity index (χ2n) is 4.74. The normalized spacial score (nSPS) is 12.4. The van der Waals surface area contributed by atoms with Gasteiger partial charge in [0.25, 0.3) is 0 Å². The van der Waals surface area contributed by atoms with Gasteiger partial charge in [0.1, 0.15) is 12.2 Å². The lowest BCUT2D eigenvalue weighted by molar-refractivity contribution is 0.367. The van der Waals surface area contributed by atoms with E-state index < -0.39 is 0 Å². The first kappa shape index (κ1) is 11.2. The molecule has 0 aliphatic heterocycles. The highest BCUT2D eigenvalue weighted by molar-refractivity contribution is 4.99. The Morgan fingerprint density at radius 3 is 2.29 bits per heavy atom. The van der Waals surface area contributed by atoms with Gasteiger partial charge in [-0.05, 0) is 33.6 Å². The fourth-order valence-electron chi connectivity index (χ4n) is 1.69. The molecule has 80 valence electrons. The molecular formula is C11H21N3. The number of rotatable bonds is 3. The quantitative estimate of drug-likeness (QED) is 0.742. The summed E-state index contributed by atoms with van der Waals surface area (Å²) in [5, 5.41) is 8.26. The fourth-order valence-corrected chi connectivity index (χ4v) is 1.69. The molecule has 1 rings (SSSR count). The van der Waals surface area contributed by atoms with Crippen molar-refractivity contribution in [2.45, 2.75) is 58.9 Å². The molecule has 0 atom stereocenters. The second-order valence-corrected chi connectivity index (χ2v) is 4.74. The van der Waals surface area contributed by atoms with Gasteiger partial charge in [-0.3, -0.25) is 0 Å². The van der Waals surface area contributed by atoms with Crippen LogP contribution in [0.5, 0.6) is 0 Å². The maximum absolute atomic E-state index is 4.24. The van der Waals surface area contributed by atoms with Crippen molar-refractivity contribution in [3.63, 3.8) is 0 Å². The third-order valence-corrected chi connectivity index (χ3v) is 2.65. The van der Waals surface area contributed by atoms with E-state index in [1.165, 1.54) is 0 Å². The molecule has 1 aromatic heterocycles. The van der Waals surface area contributed by atoms with E-state index in [1.54, 1.807) is 0 Å². The number of aromatic nitrogens is 3. The third kappa shape index (κ3) is 2.14. The van der Waals surface area contributed by atoms with Gasteiger partial charge >= 0.3 is 0 Å². The van der Waals surface area contributed by atoms with Gasteiger partial charge in [-0.15, -0.1) is 10.2 Å². The smallest absolute Gasteiger partial charge is 0.136 e. The largest absolute Gasteiger partial charge is 0.312 e. The Balaban J connectivity index is 3.03. The third-order valence-electron chi connectivity index (χ3n) is 2.65. The van der Waals surface area contributed by atoms with Crippen molar-refractivity contribution >= 4 is 0 Å². The van der Waals surface area contributed by atoms with Gasteiger partial charge in [-0.2, -0.15) is 0 Å². The first-order valence-electron chi connectivity index (χ1n) is 5.41. The van der Waals surface area contributed by atoms with E-state index in [0.717, 1.165) is 18.7 Å². The van der Waals surface area contributed by atoms with E-state index in [9.17, 15) is 0 Å². The lowest BCUT2D eigenvalue weighted by Gasteiger charge is -2.25.